The smallest absolute Gasteiger partial charge is 0.338 e. The monoisotopic (exact) mass is 336 g/mol. The summed E-state index contributed by atoms with van der Waals surface area (Å²) in [7, 11) is 1.63. The van der Waals surface area contributed by atoms with Gasteiger partial charge < -0.3 is 9.47 Å². The highest BCUT2D eigenvalue weighted by atomic mass is 32.2. The van der Waals surface area contributed by atoms with E-state index in [1.807, 2.05) is 38.1 Å². The molecule has 0 unspecified atom stereocenters. The van der Waals surface area contributed by atoms with E-state index < -0.39 is 11.9 Å². The molecule has 0 radical (unpaired) electrons. The van der Waals surface area contributed by atoms with E-state index in [-0.39, 0.29) is 11.2 Å². The van der Waals surface area contributed by atoms with E-state index >= 15 is 0 Å². The molecule has 4 nitrogen and oxygen atoms in total. The first-order valence-electron chi connectivity index (χ1n) is 7.38. The van der Waals surface area contributed by atoms with Crippen LogP contribution in [0.4, 0.5) is 0 Å². The fraction of sp³-hybridized carbons (Fsp3) is 0.444. The second kappa shape index (κ2) is 8.77. The van der Waals surface area contributed by atoms with Crippen molar-refractivity contribution in [2.45, 2.75) is 44.6 Å². The minimum atomic E-state index is -0.606. The summed E-state index contributed by atoms with van der Waals surface area (Å²) in [6, 6.07) is 7.82. The van der Waals surface area contributed by atoms with E-state index in [0.717, 1.165) is 22.6 Å². The zero-order valence-corrected chi connectivity index (χ0v) is 15.2. The maximum atomic E-state index is 11.8. The number of rotatable bonds is 7. The summed E-state index contributed by atoms with van der Waals surface area (Å²) in [6.07, 6.45) is 1.49. The molecule has 0 heterocycles. The Hall–Kier alpha value is -1.75. The lowest BCUT2D eigenvalue weighted by Gasteiger charge is -2.22. The third-order valence-corrected chi connectivity index (χ3v) is 4.38. The maximum Gasteiger partial charge on any atom is 0.338 e. The summed E-state index contributed by atoms with van der Waals surface area (Å²) in [6.45, 7) is 7.49. The van der Waals surface area contributed by atoms with Crippen LogP contribution < -0.4 is 4.74 Å². The van der Waals surface area contributed by atoms with Crippen molar-refractivity contribution >= 4 is 23.7 Å². The third kappa shape index (κ3) is 7.88. The SMILES string of the molecule is COc1ccc(CSC(C)(C)CC(=O)OC(=O)C=C(C)C)cc1. The van der Waals surface area contributed by atoms with Gasteiger partial charge in [-0.15, -0.1) is 0 Å². The molecule has 1 aromatic carbocycles. The largest absolute Gasteiger partial charge is 0.497 e. The minimum absolute atomic E-state index is 0.177. The lowest BCUT2D eigenvalue weighted by molar-refractivity contribution is -0.156. The van der Waals surface area contributed by atoms with Crippen molar-refractivity contribution in [1.29, 1.82) is 0 Å². The minimum Gasteiger partial charge on any atom is -0.497 e. The molecule has 1 aromatic rings. The molecule has 0 aliphatic rings. The van der Waals surface area contributed by atoms with Gasteiger partial charge in [0, 0.05) is 16.6 Å². The average Bonchev–Trinajstić information content (AvgIpc) is 2.44. The molecule has 0 N–H and O–H groups in total. The van der Waals surface area contributed by atoms with Crippen molar-refractivity contribution in [3.8, 4) is 5.75 Å². The number of allylic oxidation sites excluding steroid dienone is 1. The molecule has 0 fully saturated rings. The van der Waals surface area contributed by atoms with Crippen molar-refractivity contribution in [2.75, 3.05) is 7.11 Å². The molecule has 0 aliphatic carbocycles. The number of hydrogen-bond donors (Lipinski definition) is 0. The van der Waals surface area contributed by atoms with Gasteiger partial charge in [-0.2, -0.15) is 11.8 Å². The summed E-state index contributed by atoms with van der Waals surface area (Å²) >= 11 is 1.65. The summed E-state index contributed by atoms with van der Waals surface area (Å²) in [4.78, 5) is 23.3. The van der Waals surface area contributed by atoms with Crippen molar-refractivity contribution in [2.24, 2.45) is 0 Å². The molecule has 0 spiro atoms. The van der Waals surface area contributed by atoms with Gasteiger partial charge in [0.05, 0.1) is 13.5 Å². The second-order valence-electron chi connectivity index (χ2n) is 6.09. The Morgan fingerprint density at radius 1 is 1.17 bits per heavy atom. The van der Waals surface area contributed by atoms with Gasteiger partial charge in [0.1, 0.15) is 5.75 Å². The molecule has 0 bridgehead atoms. The number of thioether (sulfide) groups is 1. The fourth-order valence-electron chi connectivity index (χ4n) is 1.81. The number of carbonyl (C=O) groups is 2. The van der Waals surface area contributed by atoms with E-state index in [1.54, 1.807) is 32.7 Å². The van der Waals surface area contributed by atoms with Crippen LogP contribution in [0.5, 0.6) is 5.75 Å². The van der Waals surface area contributed by atoms with Crippen LogP contribution in [0.1, 0.15) is 39.7 Å². The van der Waals surface area contributed by atoms with E-state index in [1.165, 1.54) is 6.08 Å². The van der Waals surface area contributed by atoms with Gasteiger partial charge in [-0.25, -0.2) is 4.79 Å². The molecule has 1 rings (SSSR count). The Balaban J connectivity index is 2.49. The third-order valence-electron chi connectivity index (χ3n) is 2.98. The van der Waals surface area contributed by atoms with Crippen molar-refractivity contribution in [3.63, 3.8) is 0 Å². The lowest BCUT2D eigenvalue weighted by Crippen LogP contribution is -2.23. The Bertz CT molecular complexity index is 569. The normalized spacial score (nSPS) is 10.8. The first-order chi connectivity index (χ1) is 10.7. The van der Waals surface area contributed by atoms with Gasteiger partial charge in [-0.1, -0.05) is 31.6 Å². The lowest BCUT2D eigenvalue weighted by atomic mass is 10.1. The second-order valence-corrected chi connectivity index (χ2v) is 7.77. The summed E-state index contributed by atoms with van der Waals surface area (Å²) in [5.74, 6) is 0.483. The van der Waals surface area contributed by atoms with Gasteiger partial charge in [0.15, 0.2) is 0 Å². The topological polar surface area (TPSA) is 52.6 Å². The van der Waals surface area contributed by atoms with Crippen molar-refractivity contribution in [1.82, 2.24) is 0 Å². The molecule has 0 aromatic heterocycles. The van der Waals surface area contributed by atoms with Crippen molar-refractivity contribution < 1.29 is 19.1 Å². The van der Waals surface area contributed by atoms with Crippen LogP contribution in [0, 0.1) is 0 Å². The Kier molecular flexibility index (Phi) is 7.36. The first-order valence-corrected chi connectivity index (χ1v) is 8.37. The molecule has 0 amide bonds. The zero-order chi connectivity index (χ0) is 17.5. The quantitative estimate of drug-likeness (QED) is 0.426. The first kappa shape index (κ1) is 19.3. The molecule has 0 saturated carbocycles. The zero-order valence-electron chi connectivity index (χ0n) is 14.3. The van der Waals surface area contributed by atoms with E-state index in [4.69, 9.17) is 9.47 Å². The Morgan fingerprint density at radius 2 is 1.78 bits per heavy atom. The number of hydrogen-bond acceptors (Lipinski definition) is 5. The maximum absolute atomic E-state index is 11.8. The van der Waals surface area contributed by atoms with Gasteiger partial charge in [-0.05, 0) is 31.5 Å². The van der Waals surface area contributed by atoms with Gasteiger partial charge in [0.2, 0.25) is 0 Å². The van der Waals surface area contributed by atoms with E-state index in [0.29, 0.717) is 0 Å². The molecule has 5 heteroatoms. The average molecular weight is 336 g/mol. The van der Waals surface area contributed by atoms with Crippen LogP contribution in [0.3, 0.4) is 0 Å². The number of carbonyl (C=O) groups excluding carboxylic acids is 2. The number of esters is 2. The highest BCUT2D eigenvalue weighted by Gasteiger charge is 2.24. The standard InChI is InChI=1S/C18H24O4S/c1-13(2)10-16(19)22-17(20)11-18(3,4)23-12-14-6-8-15(21-5)9-7-14/h6-10H,11-12H2,1-5H3. The number of benzene rings is 1. The molecular formula is C18H24O4S. The molecule has 0 saturated heterocycles. The molecule has 0 aliphatic heterocycles. The van der Waals surface area contributed by atoms with Crippen LogP contribution in [-0.4, -0.2) is 23.8 Å². The fourth-order valence-corrected chi connectivity index (χ4v) is 2.78. The summed E-state index contributed by atoms with van der Waals surface area (Å²) in [5, 5.41) is 0. The van der Waals surface area contributed by atoms with Crippen LogP contribution in [0.15, 0.2) is 35.9 Å². The van der Waals surface area contributed by atoms with E-state index in [2.05, 4.69) is 0 Å². The summed E-state index contributed by atoms with van der Waals surface area (Å²) in [5.41, 5.74) is 1.95. The molecule has 0 atom stereocenters. The number of ether oxygens (including phenoxy) is 2. The summed E-state index contributed by atoms with van der Waals surface area (Å²) < 4.78 is 9.61. The van der Waals surface area contributed by atoms with Crippen LogP contribution in [0.25, 0.3) is 0 Å². The molecular weight excluding hydrogens is 312 g/mol. The Labute approximate surface area is 142 Å². The van der Waals surface area contributed by atoms with Gasteiger partial charge in [-0.3, -0.25) is 4.79 Å². The molecule has 23 heavy (non-hydrogen) atoms. The Morgan fingerprint density at radius 3 is 2.30 bits per heavy atom. The van der Waals surface area contributed by atoms with Crippen LogP contribution >= 0.6 is 11.8 Å². The van der Waals surface area contributed by atoms with E-state index in [9.17, 15) is 9.59 Å². The molecule has 126 valence electrons. The highest BCUT2D eigenvalue weighted by Crippen LogP contribution is 2.32. The van der Waals surface area contributed by atoms with Crippen molar-refractivity contribution in [3.05, 3.63) is 41.5 Å². The van der Waals surface area contributed by atoms with Crippen LogP contribution in [0.2, 0.25) is 0 Å². The van der Waals surface area contributed by atoms with Gasteiger partial charge >= 0.3 is 11.9 Å². The number of methoxy groups -OCH3 is 1. The predicted molar refractivity (Wildman–Crippen MR) is 93.5 cm³/mol. The van der Waals surface area contributed by atoms with Crippen LogP contribution in [-0.2, 0) is 20.1 Å². The van der Waals surface area contributed by atoms with Gasteiger partial charge in [0.25, 0.3) is 0 Å². The highest BCUT2D eigenvalue weighted by molar-refractivity contribution is 7.99. The predicted octanol–water partition coefficient (Wildman–Crippen LogP) is 4.13.